The van der Waals surface area contributed by atoms with Crippen LogP contribution in [0.2, 0.25) is 0 Å². The summed E-state index contributed by atoms with van der Waals surface area (Å²) in [5.74, 6) is 1.56. The van der Waals surface area contributed by atoms with Crippen LogP contribution in [0.3, 0.4) is 0 Å². The summed E-state index contributed by atoms with van der Waals surface area (Å²) in [6, 6.07) is 8.24. The third-order valence-corrected chi connectivity index (χ3v) is 4.36. The zero-order chi connectivity index (χ0) is 13.1. The van der Waals surface area contributed by atoms with Gasteiger partial charge in [0.25, 0.3) is 0 Å². The molecule has 1 fully saturated rings. The zero-order valence-corrected chi connectivity index (χ0v) is 11.5. The van der Waals surface area contributed by atoms with Gasteiger partial charge in [0.05, 0.1) is 0 Å². The number of nitrogens with one attached hydrogen (secondary N) is 1. The molecule has 1 atom stereocenters. The van der Waals surface area contributed by atoms with E-state index in [9.17, 15) is 0 Å². The number of thiophene rings is 1. The summed E-state index contributed by atoms with van der Waals surface area (Å²) in [5.41, 5.74) is 0. The quantitative estimate of drug-likeness (QED) is 0.896. The smallest absolute Gasteiger partial charge is 0.129 e. The molecule has 0 bridgehead atoms. The molecule has 3 rings (SSSR count). The highest BCUT2D eigenvalue weighted by molar-refractivity contribution is 7.10. The third kappa shape index (κ3) is 2.74. The fourth-order valence-corrected chi connectivity index (χ4v) is 3.38. The molecule has 0 spiro atoms. The number of rotatable bonds is 4. The lowest BCUT2D eigenvalue weighted by Gasteiger charge is -2.33. The molecule has 2 aromatic rings. The Balaban J connectivity index is 1.91. The number of hydrogen-bond donors (Lipinski definition) is 2. The van der Waals surface area contributed by atoms with Crippen molar-refractivity contribution in [3.05, 3.63) is 46.0 Å². The zero-order valence-electron chi connectivity index (χ0n) is 10.7. The Morgan fingerprint density at radius 2 is 2.16 bits per heavy atom. The van der Waals surface area contributed by atoms with Crippen LogP contribution in [0.4, 0.5) is 0 Å². The summed E-state index contributed by atoms with van der Waals surface area (Å²) in [5, 5.41) is 14.6. The van der Waals surface area contributed by atoms with Crippen LogP contribution < -0.4 is 5.32 Å². The van der Waals surface area contributed by atoms with Crippen molar-refractivity contribution in [3.8, 4) is 0 Å². The van der Waals surface area contributed by atoms with E-state index in [1.54, 1.807) is 11.3 Å². The van der Waals surface area contributed by atoms with Gasteiger partial charge in [-0.05, 0) is 23.6 Å². The van der Waals surface area contributed by atoms with Crippen LogP contribution in [0, 0.1) is 0 Å². The first kappa shape index (κ1) is 12.9. The molecule has 0 aliphatic carbocycles. The highest BCUT2D eigenvalue weighted by Crippen LogP contribution is 2.33. The summed E-state index contributed by atoms with van der Waals surface area (Å²) in [7, 11) is 0. The van der Waals surface area contributed by atoms with Crippen LogP contribution in [0.5, 0.6) is 0 Å². The minimum Gasteiger partial charge on any atom is -0.462 e. The summed E-state index contributed by atoms with van der Waals surface area (Å²) in [4.78, 5) is 3.73. The van der Waals surface area contributed by atoms with Crippen molar-refractivity contribution in [2.75, 3.05) is 26.2 Å². The van der Waals surface area contributed by atoms with E-state index in [2.05, 4.69) is 27.7 Å². The van der Waals surface area contributed by atoms with Crippen molar-refractivity contribution in [2.45, 2.75) is 12.6 Å². The van der Waals surface area contributed by atoms with Gasteiger partial charge in [0.2, 0.25) is 0 Å². The molecule has 0 unspecified atom stereocenters. The monoisotopic (exact) mass is 278 g/mol. The third-order valence-electron chi connectivity index (χ3n) is 3.44. The molecule has 2 N–H and O–H groups in total. The molecule has 1 aliphatic rings. The Morgan fingerprint density at radius 3 is 2.79 bits per heavy atom. The lowest BCUT2D eigenvalue weighted by atomic mass is 10.1. The first-order valence-electron chi connectivity index (χ1n) is 6.56. The maximum absolute atomic E-state index is 9.16. The summed E-state index contributed by atoms with van der Waals surface area (Å²) in [6.07, 6.45) is 0. The Kier molecular flexibility index (Phi) is 3.98. The average Bonchev–Trinajstić information content (AvgIpc) is 3.12. The van der Waals surface area contributed by atoms with Gasteiger partial charge >= 0.3 is 0 Å². The number of nitrogens with zero attached hydrogens (tertiary/aromatic N) is 1. The number of piperazine rings is 1. The first-order valence-corrected chi connectivity index (χ1v) is 7.44. The van der Waals surface area contributed by atoms with Gasteiger partial charge in [-0.25, -0.2) is 0 Å². The molecule has 102 valence electrons. The van der Waals surface area contributed by atoms with Gasteiger partial charge in [0.15, 0.2) is 0 Å². The van der Waals surface area contributed by atoms with Crippen LogP contribution in [0.15, 0.2) is 34.1 Å². The van der Waals surface area contributed by atoms with Crippen molar-refractivity contribution in [1.82, 2.24) is 10.2 Å². The Morgan fingerprint density at radius 1 is 1.32 bits per heavy atom. The normalized spacial score (nSPS) is 18.6. The average molecular weight is 278 g/mol. The molecule has 1 aliphatic heterocycles. The predicted octanol–water partition coefficient (Wildman–Crippen LogP) is 1.83. The molecule has 0 amide bonds. The van der Waals surface area contributed by atoms with E-state index in [4.69, 9.17) is 9.52 Å². The number of furan rings is 1. The second-order valence-corrected chi connectivity index (χ2v) is 5.65. The molecule has 19 heavy (non-hydrogen) atoms. The van der Waals surface area contributed by atoms with Gasteiger partial charge in [-0.3, -0.25) is 4.90 Å². The van der Waals surface area contributed by atoms with Gasteiger partial charge in [-0.15, -0.1) is 11.3 Å². The van der Waals surface area contributed by atoms with Crippen LogP contribution in [-0.2, 0) is 6.61 Å². The topological polar surface area (TPSA) is 48.6 Å². The standard InChI is InChI=1S/C14H18N2O2S/c17-10-11-3-4-12(18-11)14(13-2-1-9-19-13)16-7-5-15-6-8-16/h1-4,9,14-15,17H,5-8,10H2/t14-/m1/s1. The number of hydrogen-bond acceptors (Lipinski definition) is 5. The Labute approximate surface area is 116 Å². The molecule has 0 aromatic carbocycles. The molecule has 3 heterocycles. The molecular formula is C14H18N2O2S. The van der Waals surface area contributed by atoms with Crippen LogP contribution in [0.25, 0.3) is 0 Å². The van der Waals surface area contributed by atoms with Crippen molar-refractivity contribution in [1.29, 1.82) is 0 Å². The minimum atomic E-state index is -0.0429. The van der Waals surface area contributed by atoms with Crippen LogP contribution in [0.1, 0.15) is 22.4 Å². The summed E-state index contributed by atoms with van der Waals surface area (Å²) >= 11 is 1.75. The van der Waals surface area contributed by atoms with Crippen molar-refractivity contribution < 1.29 is 9.52 Å². The number of aliphatic hydroxyl groups is 1. The highest BCUT2D eigenvalue weighted by Gasteiger charge is 2.27. The van der Waals surface area contributed by atoms with Gasteiger partial charge < -0.3 is 14.8 Å². The van der Waals surface area contributed by atoms with Crippen molar-refractivity contribution in [2.24, 2.45) is 0 Å². The molecule has 1 saturated heterocycles. The fourth-order valence-electron chi connectivity index (χ4n) is 2.51. The molecule has 2 aromatic heterocycles. The second-order valence-electron chi connectivity index (χ2n) is 4.67. The van der Waals surface area contributed by atoms with E-state index in [0.29, 0.717) is 5.76 Å². The maximum atomic E-state index is 9.16. The predicted molar refractivity (Wildman–Crippen MR) is 75.2 cm³/mol. The lowest BCUT2D eigenvalue weighted by Crippen LogP contribution is -2.45. The summed E-state index contributed by atoms with van der Waals surface area (Å²) < 4.78 is 5.77. The maximum Gasteiger partial charge on any atom is 0.129 e. The van der Waals surface area contributed by atoms with Gasteiger partial charge in [0.1, 0.15) is 24.2 Å². The highest BCUT2D eigenvalue weighted by atomic mass is 32.1. The van der Waals surface area contributed by atoms with Gasteiger partial charge in [-0.2, -0.15) is 0 Å². The number of aliphatic hydroxyl groups excluding tert-OH is 1. The molecule has 5 heteroatoms. The van der Waals surface area contributed by atoms with E-state index >= 15 is 0 Å². The van der Waals surface area contributed by atoms with E-state index in [1.165, 1.54) is 4.88 Å². The molecular weight excluding hydrogens is 260 g/mol. The van der Waals surface area contributed by atoms with Crippen molar-refractivity contribution in [3.63, 3.8) is 0 Å². The van der Waals surface area contributed by atoms with Crippen LogP contribution >= 0.6 is 11.3 Å². The molecule has 4 nitrogen and oxygen atoms in total. The lowest BCUT2D eigenvalue weighted by molar-refractivity contribution is 0.174. The largest absolute Gasteiger partial charge is 0.462 e. The SMILES string of the molecule is OCc1ccc([C@H](c2cccs2)N2CCNCC2)o1. The van der Waals surface area contributed by atoms with Gasteiger partial charge in [0, 0.05) is 31.1 Å². The van der Waals surface area contributed by atoms with Crippen LogP contribution in [-0.4, -0.2) is 36.2 Å². The van der Waals surface area contributed by atoms with E-state index < -0.39 is 0 Å². The van der Waals surface area contributed by atoms with Crippen molar-refractivity contribution >= 4 is 11.3 Å². The van der Waals surface area contributed by atoms with E-state index in [-0.39, 0.29) is 12.6 Å². The second kappa shape index (κ2) is 5.88. The molecule has 0 radical (unpaired) electrons. The molecule has 0 saturated carbocycles. The van der Waals surface area contributed by atoms with Gasteiger partial charge in [-0.1, -0.05) is 6.07 Å². The van der Waals surface area contributed by atoms with E-state index in [1.807, 2.05) is 12.1 Å². The Bertz CT molecular complexity index is 503. The van der Waals surface area contributed by atoms with E-state index in [0.717, 1.165) is 31.9 Å². The fraction of sp³-hybridized carbons (Fsp3) is 0.429. The Hall–Kier alpha value is -1.14. The summed E-state index contributed by atoms with van der Waals surface area (Å²) in [6.45, 7) is 4.00. The first-order chi connectivity index (χ1) is 9.38. The minimum absolute atomic E-state index is 0.0429.